The van der Waals surface area contributed by atoms with Crippen molar-refractivity contribution in [2.45, 2.75) is 50.4 Å². The number of amides is 3. The van der Waals surface area contributed by atoms with Gasteiger partial charge in [0.15, 0.2) is 5.96 Å². The Balaban J connectivity index is 2.61. The van der Waals surface area contributed by atoms with E-state index in [-0.39, 0.29) is 36.8 Å². The van der Waals surface area contributed by atoms with E-state index in [0.29, 0.717) is 12.0 Å². The lowest BCUT2D eigenvalue weighted by Crippen LogP contribution is -2.57. The second-order valence-corrected chi connectivity index (χ2v) is 8.16. The van der Waals surface area contributed by atoms with Crippen LogP contribution in [0, 0.1) is 0 Å². The first-order valence-corrected chi connectivity index (χ1v) is 11.4. The zero-order valence-electron chi connectivity index (χ0n) is 19.3. The molecule has 194 valence electrons. The average Bonchev–Trinajstić information content (AvgIpc) is 2.79. The minimum Gasteiger partial charge on any atom is -0.508 e. The lowest BCUT2D eigenvalue weighted by Gasteiger charge is -2.22. The molecule has 1 aromatic carbocycles. The summed E-state index contributed by atoms with van der Waals surface area (Å²) >= 11 is 4.08. The lowest BCUT2D eigenvalue weighted by atomic mass is 10.1. The number of carbonyl (C=O) groups is 4. The molecule has 1 rings (SSSR count). The van der Waals surface area contributed by atoms with Crippen LogP contribution in [0.3, 0.4) is 0 Å². The summed E-state index contributed by atoms with van der Waals surface area (Å²) in [7, 11) is 0. The van der Waals surface area contributed by atoms with Crippen molar-refractivity contribution >= 4 is 42.3 Å². The van der Waals surface area contributed by atoms with Gasteiger partial charge in [-0.15, -0.1) is 0 Å². The van der Waals surface area contributed by atoms with E-state index < -0.39 is 47.9 Å². The minimum absolute atomic E-state index is 0.0691. The van der Waals surface area contributed by atoms with E-state index in [9.17, 15) is 29.4 Å². The third-order valence-electron chi connectivity index (χ3n) is 4.86. The number of hydrogen-bond donors (Lipinski definition) is 9. The van der Waals surface area contributed by atoms with Gasteiger partial charge in [0, 0.05) is 12.3 Å². The number of aliphatic imine (C=N–C) groups is 1. The van der Waals surface area contributed by atoms with Crippen molar-refractivity contribution in [3.8, 4) is 5.75 Å². The molecule has 3 amide bonds. The zero-order chi connectivity index (χ0) is 26.5. The quantitative estimate of drug-likeness (QED) is 0.0569. The first kappa shape index (κ1) is 29.5. The van der Waals surface area contributed by atoms with E-state index in [0.717, 1.165) is 0 Å². The number of aliphatic carboxylic acids is 1. The maximum Gasteiger partial charge on any atom is 0.326 e. The van der Waals surface area contributed by atoms with Gasteiger partial charge < -0.3 is 43.4 Å². The Bertz CT molecular complexity index is 908. The number of nitrogens with one attached hydrogen (secondary N) is 3. The first-order chi connectivity index (χ1) is 16.4. The maximum atomic E-state index is 12.6. The molecule has 0 aliphatic heterocycles. The molecule has 4 atom stereocenters. The molecule has 1 aromatic rings. The van der Waals surface area contributed by atoms with Gasteiger partial charge in [-0.25, -0.2) is 4.79 Å². The van der Waals surface area contributed by atoms with E-state index in [1.165, 1.54) is 19.1 Å². The molecule has 0 aromatic heterocycles. The molecule has 4 unspecified atom stereocenters. The minimum atomic E-state index is -1.25. The van der Waals surface area contributed by atoms with Gasteiger partial charge in [-0.2, -0.15) is 12.6 Å². The van der Waals surface area contributed by atoms with Crippen LogP contribution in [0.2, 0.25) is 0 Å². The SMILES string of the molecule is CC(NC(=O)C(CS)NC(=O)C(N)Cc1ccc(O)cc1)C(=O)NC(CCCN=C(N)N)C(=O)O. The summed E-state index contributed by atoms with van der Waals surface area (Å²) in [5, 5.41) is 25.9. The van der Waals surface area contributed by atoms with Crippen molar-refractivity contribution in [3.63, 3.8) is 0 Å². The molecular weight excluding hydrogens is 478 g/mol. The van der Waals surface area contributed by atoms with Gasteiger partial charge in [-0.3, -0.25) is 19.4 Å². The van der Waals surface area contributed by atoms with E-state index in [2.05, 4.69) is 33.6 Å². The first-order valence-electron chi connectivity index (χ1n) is 10.8. The van der Waals surface area contributed by atoms with Crippen LogP contribution in [0.1, 0.15) is 25.3 Å². The molecule has 0 bridgehead atoms. The number of hydrogen-bond acceptors (Lipinski definition) is 8. The number of phenols is 1. The highest BCUT2D eigenvalue weighted by Gasteiger charge is 2.27. The van der Waals surface area contributed by atoms with Crippen molar-refractivity contribution < 1.29 is 29.4 Å². The van der Waals surface area contributed by atoms with Crippen molar-refractivity contribution in [1.82, 2.24) is 16.0 Å². The van der Waals surface area contributed by atoms with Gasteiger partial charge in [0.1, 0.15) is 23.9 Å². The number of carbonyl (C=O) groups excluding carboxylic acids is 3. The van der Waals surface area contributed by atoms with E-state index in [1.807, 2.05) is 0 Å². The Hall–Kier alpha value is -3.52. The highest BCUT2D eigenvalue weighted by molar-refractivity contribution is 7.80. The lowest BCUT2D eigenvalue weighted by molar-refractivity contribution is -0.142. The molecule has 0 spiro atoms. The number of carboxylic acids is 1. The third-order valence-corrected chi connectivity index (χ3v) is 5.22. The number of guanidine groups is 1. The molecule has 0 fully saturated rings. The van der Waals surface area contributed by atoms with Gasteiger partial charge in [0.2, 0.25) is 17.7 Å². The van der Waals surface area contributed by atoms with Gasteiger partial charge in [0.05, 0.1) is 6.04 Å². The summed E-state index contributed by atoms with van der Waals surface area (Å²) in [5.41, 5.74) is 17.1. The summed E-state index contributed by atoms with van der Waals surface area (Å²) in [4.78, 5) is 52.6. The van der Waals surface area contributed by atoms with Crippen LogP contribution in [-0.2, 0) is 25.6 Å². The monoisotopic (exact) mass is 511 g/mol. The fourth-order valence-electron chi connectivity index (χ4n) is 2.89. The maximum absolute atomic E-state index is 12.6. The standard InChI is InChI=1S/C21H33N7O6S/c1-11(17(30)27-15(20(33)34)3-2-8-25-21(23)24)26-19(32)16(10-35)28-18(31)14(22)9-12-4-6-13(29)7-5-12/h4-7,11,14-16,29,35H,2-3,8-10,22H2,1H3,(H,26,32)(H,27,30)(H,28,31)(H,33,34)(H4,23,24,25). The number of nitrogens with two attached hydrogens (primary N) is 3. The Morgan fingerprint density at radius 3 is 2.14 bits per heavy atom. The summed E-state index contributed by atoms with van der Waals surface area (Å²) < 4.78 is 0. The van der Waals surface area contributed by atoms with Crippen LogP contribution in [0.4, 0.5) is 0 Å². The van der Waals surface area contributed by atoms with Gasteiger partial charge in [-0.05, 0) is 43.9 Å². The van der Waals surface area contributed by atoms with Gasteiger partial charge >= 0.3 is 5.97 Å². The molecule has 0 aliphatic carbocycles. The van der Waals surface area contributed by atoms with Crippen molar-refractivity contribution in [2.75, 3.05) is 12.3 Å². The third kappa shape index (κ3) is 11.0. The number of thiol groups is 1. The summed E-state index contributed by atoms with van der Waals surface area (Å²) in [6, 6.07) is 1.84. The second-order valence-electron chi connectivity index (χ2n) is 7.80. The molecule has 13 nitrogen and oxygen atoms in total. The molecule has 14 heteroatoms. The van der Waals surface area contributed by atoms with Crippen molar-refractivity contribution in [2.24, 2.45) is 22.2 Å². The Kier molecular flexibility index (Phi) is 12.4. The summed E-state index contributed by atoms with van der Waals surface area (Å²) in [5.74, 6) is -3.36. The Morgan fingerprint density at radius 2 is 1.60 bits per heavy atom. The molecule has 0 heterocycles. The van der Waals surface area contributed by atoms with E-state index >= 15 is 0 Å². The predicted octanol–water partition coefficient (Wildman–Crippen LogP) is -2.20. The van der Waals surface area contributed by atoms with Crippen molar-refractivity contribution in [3.05, 3.63) is 29.8 Å². The fraction of sp³-hybridized carbons (Fsp3) is 0.476. The van der Waals surface area contributed by atoms with Crippen LogP contribution in [0.5, 0.6) is 5.75 Å². The Labute approximate surface area is 208 Å². The van der Waals surface area contributed by atoms with Gasteiger partial charge in [0.25, 0.3) is 0 Å². The van der Waals surface area contributed by atoms with E-state index in [4.69, 9.17) is 17.2 Å². The largest absolute Gasteiger partial charge is 0.508 e. The summed E-state index contributed by atoms with van der Waals surface area (Å²) in [6.07, 6.45) is 0.562. The van der Waals surface area contributed by atoms with Crippen LogP contribution in [-0.4, -0.2) is 76.3 Å². The molecule has 0 saturated heterocycles. The van der Waals surface area contributed by atoms with Crippen LogP contribution < -0.4 is 33.2 Å². The van der Waals surface area contributed by atoms with Crippen LogP contribution in [0.15, 0.2) is 29.3 Å². The Morgan fingerprint density at radius 1 is 1.00 bits per heavy atom. The smallest absolute Gasteiger partial charge is 0.326 e. The van der Waals surface area contributed by atoms with E-state index in [1.54, 1.807) is 12.1 Å². The molecule has 11 N–H and O–H groups in total. The molecular formula is C21H33N7O6S. The number of benzene rings is 1. The number of carboxylic acid groups (broad SMARTS) is 1. The summed E-state index contributed by atoms with van der Waals surface area (Å²) in [6.45, 7) is 1.58. The predicted molar refractivity (Wildman–Crippen MR) is 133 cm³/mol. The molecule has 0 aliphatic rings. The highest BCUT2D eigenvalue weighted by atomic mass is 32.1. The number of nitrogens with zero attached hydrogens (tertiary/aromatic N) is 1. The molecule has 35 heavy (non-hydrogen) atoms. The second kappa shape index (κ2) is 14.7. The topological polar surface area (TPSA) is 235 Å². The van der Waals surface area contributed by atoms with Crippen LogP contribution in [0.25, 0.3) is 0 Å². The fourth-order valence-corrected chi connectivity index (χ4v) is 3.15. The average molecular weight is 512 g/mol. The van der Waals surface area contributed by atoms with Crippen molar-refractivity contribution in [1.29, 1.82) is 0 Å². The number of rotatable bonds is 14. The zero-order valence-corrected chi connectivity index (χ0v) is 20.2. The number of aromatic hydroxyl groups is 1. The molecule has 0 saturated carbocycles. The van der Waals surface area contributed by atoms with Gasteiger partial charge in [-0.1, -0.05) is 12.1 Å². The van der Waals surface area contributed by atoms with Crippen LogP contribution >= 0.6 is 12.6 Å². The number of phenolic OH excluding ortho intramolecular Hbond substituents is 1. The highest BCUT2D eigenvalue weighted by Crippen LogP contribution is 2.11. The normalized spacial score (nSPS) is 14.0. The molecule has 0 radical (unpaired) electrons.